The Morgan fingerprint density at radius 2 is 1.07 bits per heavy atom. The fourth-order valence-electron chi connectivity index (χ4n) is 7.55. The summed E-state index contributed by atoms with van der Waals surface area (Å²) in [7, 11) is 0. The van der Waals surface area contributed by atoms with Crippen molar-refractivity contribution in [3.05, 3.63) is 214 Å². The van der Waals surface area contributed by atoms with Crippen molar-refractivity contribution < 1.29 is 33.5 Å². The van der Waals surface area contributed by atoms with E-state index in [1.807, 2.05) is 146 Å². The molecule has 6 aromatic rings. The molecule has 0 aliphatic carbocycles. The highest BCUT2D eigenvalue weighted by molar-refractivity contribution is 7.95. The van der Waals surface area contributed by atoms with Gasteiger partial charge in [0.25, 0.3) is 29.1 Å². The number of ketones is 3. The number of amides is 2. The van der Waals surface area contributed by atoms with Crippen LogP contribution in [0.2, 0.25) is 0 Å². The maximum absolute atomic E-state index is 12.2. The number of aromatic amines is 3. The Morgan fingerprint density at radius 1 is 0.685 bits per heavy atom. The number of nitrogens with one attached hydrogen (secondary N) is 4. The van der Waals surface area contributed by atoms with Crippen LogP contribution in [0.25, 0.3) is 4.85 Å². The van der Waals surface area contributed by atoms with Crippen molar-refractivity contribution in [2.45, 2.75) is 148 Å². The molecule has 0 radical (unpaired) electrons. The number of halogens is 2. The van der Waals surface area contributed by atoms with Crippen molar-refractivity contribution >= 4 is 88.2 Å². The lowest BCUT2D eigenvalue weighted by atomic mass is 10.1. The summed E-state index contributed by atoms with van der Waals surface area (Å²) in [4.78, 5) is 107. The van der Waals surface area contributed by atoms with Crippen molar-refractivity contribution in [3.8, 4) is 6.07 Å². The number of aldehydes is 1. The summed E-state index contributed by atoms with van der Waals surface area (Å²) in [5, 5.41) is 14.9. The number of ether oxygens (including phenoxy) is 1. The highest BCUT2D eigenvalue weighted by atomic mass is 35.5. The second-order valence-corrected chi connectivity index (χ2v) is 23.6. The number of rotatable bonds is 15. The first-order valence-corrected chi connectivity index (χ1v) is 30.9. The highest BCUT2D eigenvalue weighted by Gasteiger charge is 2.25. The minimum absolute atomic E-state index is 0. The lowest BCUT2D eigenvalue weighted by Crippen LogP contribution is -2.34. The molecule has 0 fully saturated rings. The number of aryl methyl sites for hydroxylation is 6. The van der Waals surface area contributed by atoms with Gasteiger partial charge < -0.3 is 46.1 Å². The van der Waals surface area contributed by atoms with E-state index in [0.29, 0.717) is 30.5 Å². The number of Topliss-reactive ketones (excluding diaryl/α,β-unsaturated/α-hetero) is 2. The van der Waals surface area contributed by atoms with Gasteiger partial charge in [-0.3, -0.25) is 33.6 Å². The lowest BCUT2D eigenvalue weighted by molar-refractivity contribution is -0.116. The first kappa shape index (κ1) is 84.7. The van der Waals surface area contributed by atoms with E-state index >= 15 is 0 Å². The van der Waals surface area contributed by atoms with Gasteiger partial charge in [0.05, 0.1) is 12.4 Å². The minimum atomic E-state index is -2.08. The largest absolute Gasteiger partial charge is 0.444 e. The van der Waals surface area contributed by atoms with Crippen LogP contribution in [0.15, 0.2) is 136 Å². The van der Waals surface area contributed by atoms with Gasteiger partial charge in [-0.1, -0.05) is 132 Å². The third-order valence-electron chi connectivity index (χ3n) is 11.3. The summed E-state index contributed by atoms with van der Waals surface area (Å²) >= 11 is 4.99. The average molecular weight is 1280 g/mol. The molecular formula is C68H91Cl2N8O10P. The molecule has 6 rings (SSSR count). The van der Waals surface area contributed by atoms with E-state index in [4.69, 9.17) is 33.9 Å². The quantitative estimate of drug-likeness (QED) is 0.0184. The van der Waals surface area contributed by atoms with Crippen molar-refractivity contribution in [2.75, 3.05) is 12.4 Å². The standard InChI is InChI=1S/C21H19OP.C14H22N2O3.C9H14N2O.C9H10N2O.C6H10O.C3H5ClO.C3H4N2O.C3H6O.ClH/c1-18(22)17-23(19-11-5-2-6-12-19,20-13-7-3-8-14-20)21-15-9-4-10-16-21;1-6-10-7-9(2)16-12(17)11(10)8-15-13(18)19-14(3,4)5;2*1-3-7-4-6(2)11-9(12)8(7)5-10;1-3-4-5-6(2)7;1-3(5)2-4;1-5-2-3(4)6;1-2-3-4;/h2-17H,1H3;7H,6,8H2,1-5H3,(H,15,18)(H,16,17);4H,3,5,10H2,1-2H3,(H,11,12);4H,3H2,1-2H3,(H,11,12);4-5H,3H2,1-2H3;2H2,1H3;2H2,(H2,4,6);3H,2H2,1H3;1H/b;;;;5-4+;;;;. The van der Waals surface area contributed by atoms with Crippen molar-refractivity contribution in [2.24, 2.45) is 11.5 Å². The minimum Gasteiger partial charge on any atom is -0.444 e. The van der Waals surface area contributed by atoms with Gasteiger partial charge in [-0.25, -0.2) is 11.4 Å². The summed E-state index contributed by atoms with van der Waals surface area (Å²) in [5.74, 6) is 1.76. The van der Waals surface area contributed by atoms with Gasteiger partial charge in [-0.05, 0) is 158 Å². The van der Waals surface area contributed by atoms with E-state index in [-0.39, 0.29) is 71.0 Å². The Labute approximate surface area is 536 Å². The van der Waals surface area contributed by atoms with Gasteiger partial charge in [-0.2, -0.15) is 5.26 Å². The average Bonchev–Trinajstić information content (AvgIpc) is 0.816. The number of nitriles is 1. The number of alkyl carbamates (subject to hydrolysis) is 1. The SMILES string of the molecule is CC(=O)C=P(c1ccccc1)(c1ccccc1)c1ccccc1.CC(=O)CCl.CC/C=C/C(C)=O.CCC=O.CCc1cc(C)[nH]c(=O)c1C#N.CCc1cc(C)[nH]c(=O)c1CN.CCc1cc(C)[nH]c(=O)c1CNC(=O)OC(C)(C)C.Cl.[C-]#[N+]CC(N)=O. The Kier molecular flexibility index (Phi) is 45.2. The van der Waals surface area contributed by atoms with Crippen LogP contribution in [-0.2, 0) is 61.1 Å². The zero-order valence-corrected chi connectivity index (χ0v) is 56.4. The Hall–Kier alpha value is -8.51. The first-order chi connectivity index (χ1) is 41.6. The Morgan fingerprint density at radius 3 is 1.35 bits per heavy atom. The van der Waals surface area contributed by atoms with Crippen molar-refractivity contribution in [1.29, 1.82) is 5.26 Å². The molecule has 0 aliphatic rings. The lowest BCUT2D eigenvalue weighted by Gasteiger charge is -2.28. The first-order valence-electron chi connectivity index (χ1n) is 28.5. The molecule has 21 heteroatoms. The van der Waals surface area contributed by atoms with Crippen LogP contribution in [-0.4, -0.2) is 74.4 Å². The molecule has 2 amide bonds. The van der Waals surface area contributed by atoms with Crippen molar-refractivity contribution in [3.63, 3.8) is 0 Å². The number of nitrogens with two attached hydrogens (primary N) is 2. The molecule has 8 N–H and O–H groups in total. The highest BCUT2D eigenvalue weighted by Crippen LogP contribution is 2.43. The zero-order chi connectivity index (χ0) is 67.4. The smallest absolute Gasteiger partial charge is 0.407 e. The Bertz CT molecular complexity index is 3390. The van der Waals surface area contributed by atoms with E-state index in [9.17, 15) is 43.2 Å². The number of H-pyrrole nitrogens is 3. The number of allylic oxidation sites excluding steroid dienone is 2. The van der Waals surface area contributed by atoms with E-state index in [2.05, 4.69) is 67.2 Å². The van der Waals surface area contributed by atoms with E-state index in [1.165, 1.54) is 22.8 Å². The van der Waals surface area contributed by atoms with Crippen molar-refractivity contribution in [1.82, 2.24) is 20.3 Å². The summed E-state index contributed by atoms with van der Waals surface area (Å²) in [6.45, 7) is 29.6. The molecule has 0 unspecified atom stereocenters. The molecule has 0 aliphatic heterocycles. The van der Waals surface area contributed by atoms with E-state index in [0.717, 1.165) is 59.3 Å². The van der Waals surface area contributed by atoms with E-state index in [1.54, 1.807) is 40.7 Å². The third-order valence-corrected chi connectivity index (χ3v) is 15.8. The normalized spacial score (nSPS) is 9.82. The summed E-state index contributed by atoms with van der Waals surface area (Å²) < 4.78 is 5.13. The number of pyridine rings is 3. The number of aromatic nitrogens is 3. The maximum Gasteiger partial charge on any atom is 0.407 e. The van der Waals surface area contributed by atoms with Gasteiger partial charge in [-0.15, -0.1) is 24.0 Å². The molecule has 0 spiro atoms. The number of benzene rings is 3. The molecule has 89 heavy (non-hydrogen) atoms. The van der Waals surface area contributed by atoms with Gasteiger partial charge >= 0.3 is 6.09 Å². The number of hydrogen-bond acceptors (Lipinski definition) is 12. The zero-order valence-electron chi connectivity index (χ0n) is 53.9. The molecule has 0 saturated heterocycles. The number of carbonyl (C=O) groups is 6. The molecule has 3 aromatic carbocycles. The van der Waals surface area contributed by atoms with Gasteiger partial charge in [0.15, 0.2) is 11.6 Å². The number of carbonyl (C=O) groups excluding carboxylic acids is 6. The fourth-order valence-corrected chi connectivity index (χ4v) is 11.4. The topological polar surface area (TPSA) is 302 Å². The van der Waals surface area contributed by atoms with E-state index < -0.39 is 24.5 Å². The van der Waals surface area contributed by atoms with Crippen LogP contribution in [0.1, 0.15) is 139 Å². The predicted molar refractivity (Wildman–Crippen MR) is 367 cm³/mol. The third kappa shape index (κ3) is 35.2. The predicted octanol–water partition coefficient (Wildman–Crippen LogP) is 10.2. The number of primary amides is 1. The number of hydrogen-bond donors (Lipinski definition) is 6. The van der Waals surface area contributed by atoms with Gasteiger partial charge in [0.2, 0.25) is 0 Å². The maximum atomic E-state index is 12.2. The molecule has 0 saturated carbocycles. The second-order valence-electron chi connectivity index (χ2n) is 20.1. The summed E-state index contributed by atoms with van der Waals surface area (Å²) in [6.07, 6.45) is 7.69. The molecule has 482 valence electrons. The summed E-state index contributed by atoms with van der Waals surface area (Å²) in [6, 6.07) is 38.7. The second kappa shape index (κ2) is 47.5. The van der Waals surface area contributed by atoms with Crippen LogP contribution in [0.5, 0.6) is 0 Å². The molecule has 3 aromatic heterocycles. The molecule has 18 nitrogen and oxygen atoms in total. The Balaban J connectivity index is -0.00000101. The number of nitrogens with zero attached hydrogens (tertiary/aromatic N) is 2. The van der Waals surface area contributed by atoms with Crippen LogP contribution >= 0.6 is 30.9 Å². The van der Waals surface area contributed by atoms with Crippen LogP contribution in [0.3, 0.4) is 0 Å². The molecule has 0 bridgehead atoms. The number of alkyl halides is 1. The molecular weight excluding hydrogens is 1190 g/mol. The van der Waals surface area contributed by atoms with Gasteiger partial charge in [0.1, 0.15) is 29.3 Å². The summed E-state index contributed by atoms with van der Waals surface area (Å²) in [5.41, 5.74) is 15.8. The van der Waals surface area contributed by atoms with Gasteiger partial charge in [0, 0.05) is 41.2 Å². The fraction of sp³-hybridized carbons (Fsp3) is 0.353. The molecule has 3 heterocycles. The molecule has 0 atom stereocenters. The van der Waals surface area contributed by atoms with Crippen LogP contribution in [0.4, 0.5) is 4.79 Å². The van der Waals surface area contributed by atoms with Crippen LogP contribution < -0.4 is 49.4 Å². The van der Waals surface area contributed by atoms with Crippen LogP contribution in [0, 0.1) is 38.7 Å². The monoisotopic (exact) mass is 1280 g/mol.